The minimum atomic E-state index is -0.700. The summed E-state index contributed by atoms with van der Waals surface area (Å²) in [5.74, 6) is 0. The van der Waals surface area contributed by atoms with Crippen LogP contribution < -0.4 is 5.32 Å². The van der Waals surface area contributed by atoms with Crippen LogP contribution in [0.5, 0.6) is 0 Å². The third-order valence-electron chi connectivity index (χ3n) is 2.90. The minimum absolute atomic E-state index is 0.392. The van der Waals surface area contributed by atoms with Crippen molar-refractivity contribution in [2.24, 2.45) is 0 Å². The molecule has 0 aromatic heterocycles. The summed E-state index contributed by atoms with van der Waals surface area (Å²) >= 11 is 17.8. The summed E-state index contributed by atoms with van der Waals surface area (Å²) in [6.07, 6.45) is -0.700. The molecule has 2 aromatic carbocycles. The number of aliphatic hydroxyl groups is 1. The average molecular weight is 331 g/mol. The first-order chi connectivity index (χ1) is 9.56. The van der Waals surface area contributed by atoms with E-state index in [9.17, 15) is 5.11 Å². The van der Waals surface area contributed by atoms with Gasteiger partial charge in [0.05, 0.1) is 6.10 Å². The minimum Gasteiger partial charge on any atom is -0.387 e. The molecule has 0 amide bonds. The van der Waals surface area contributed by atoms with Crippen LogP contribution in [0.25, 0.3) is 0 Å². The Hall–Kier alpha value is -0.770. The molecule has 2 nitrogen and oxygen atoms in total. The molecule has 0 heterocycles. The van der Waals surface area contributed by atoms with Gasteiger partial charge in [0.15, 0.2) is 0 Å². The van der Waals surface area contributed by atoms with E-state index in [1.54, 1.807) is 18.2 Å². The molecule has 5 heteroatoms. The summed E-state index contributed by atoms with van der Waals surface area (Å²) < 4.78 is 0. The predicted octanol–water partition coefficient (Wildman–Crippen LogP) is 4.47. The smallest absolute Gasteiger partial charge is 0.0929 e. The van der Waals surface area contributed by atoms with Gasteiger partial charge in [-0.3, -0.25) is 0 Å². The molecular formula is C15H14Cl3NO. The molecule has 0 aliphatic carbocycles. The van der Waals surface area contributed by atoms with E-state index in [4.69, 9.17) is 34.8 Å². The summed E-state index contributed by atoms with van der Waals surface area (Å²) in [6, 6.07) is 12.6. The van der Waals surface area contributed by atoms with Gasteiger partial charge in [0.2, 0.25) is 0 Å². The van der Waals surface area contributed by atoms with Crippen molar-refractivity contribution in [3.05, 3.63) is 68.7 Å². The molecule has 1 atom stereocenters. The quantitative estimate of drug-likeness (QED) is 0.847. The predicted molar refractivity (Wildman–Crippen MR) is 84.6 cm³/mol. The molecule has 0 spiro atoms. The number of benzene rings is 2. The molecule has 20 heavy (non-hydrogen) atoms. The van der Waals surface area contributed by atoms with Gasteiger partial charge in [-0.2, -0.15) is 0 Å². The molecule has 0 fully saturated rings. The molecule has 106 valence electrons. The summed E-state index contributed by atoms with van der Waals surface area (Å²) in [4.78, 5) is 0. The van der Waals surface area contributed by atoms with Crippen LogP contribution in [-0.2, 0) is 6.54 Å². The standard InChI is InChI=1S/C15H14Cl3NO/c16-11-3-1-10(2-4-11)8-19-9-15(20)13-7-12(17)5-6-14(13)18/h1-7,15,19-20H,8-9H2. The molecular weight excluding hydrogens is 317 g/mol. The van der Waals surface area contributed by atoms with Crippen molar-refractivity contribution < 1.29 is 5.11 Å². The third-order valence-corrected chi connectivity index (χ3v) is 3.73. The Morgan fingerprint density at radius 3 is 2.30 bits per heavy atom. The summed E-state index contributed by atoms with van der Waals surface area (Å²) in [6.45, 7) is 1.04. The van der Waals surface area contributed by atoms with Crippen LogP contribution in [0.3, 0.4) is 0 Å². The second-order valence-electron chi connectivity index (χ2n) is 4.44. The van der Waals surface area contributed by atoms with Gasteiger partial charge in [0.1, 0.15) is 0 Å². The first kappa shape index (κ1) is 15.6. The maximum absolute atomic E-state index is 10.1. The lowest BCUT2D eigenvalue weighted by Crippen LogP contribution is -2.21. The second kappa shape index (κ2) is 7.30. The fourth-order valence-corrected chi connectivity index (χ4v) is 2.39. The van der Waals surface area contributed by atoms with Gasteiger partial charge in [-0.1, -0.05) is 46.9 Å². The number of halogens is 3. The number of hydrogen-bond acceptors (Lipinski definition) is 2. The third kappa shape index (κ3) is 4.37. The summed E-state index contributed by atoms with van der Waals surface area (Å²) in [7, 11) is 0. The molecule has 0 aliphatic rings. The molecule has 0 radical (unpaired) electrons. The Bertz CT molecular complexity index is 572. The van der Waals surface area contributed by atoms with Crippen LogP contribution in [0.15, 0.2) is 42.5 Å². The lowest BCUT2D eigenvalue weighted by atomic mass is 10.1. The van der Waals surface area contributed by atoms with E-state index in [2.05, 4.69) is 5.32 Å². The van der Waals surface area contributed by atoms with Gasteiger partial charge in [0, 0.05) is 33.7 Å². The van der Waals surface area contributed by atoms with Crippen LogP contribution >= 0.6 is 34.8 Å². The van der Waals surface area contributed by atoms with Gasteiger partial charge in [-0.05, 0) is 35.9 Å². The van der Waals surface area contributed by atoms with E-state index >= 15 is 0 Å². The SMILES string of the molecule is OC(CNCc1ccc(Cl)cc1)c1cc(Cl)ccc1Cl. The molecule has 2 rings (SSSR count). The van der Waals surface area contributed by atoms with Gasteiger partial charge >= 0.3 is 0 Å². The van der Waals surface area contributed by atoms with Crippen LogP contribution in [0.4, 0.5) is 0 Å². The van der Waals surface area contributed by atoms with Crippen molar-refractivity contribution in [3.8, 4) is 0 Å². The maximum atomic E-state index is 10.1. The van der Waals surface area contributed by atoms with Crippen molar-refractivity contribution in [2.75, 3.05) is 6.54 Å². The van der Waals surface area contributed by atoms with E-state index in [0.717, 1.165) is 5.56 Å². The van der Waals surface area contributed by atoms with Gasteiger partial charge in [0.25, 0.3) is 0 Å². The average Bonchev–Trinajstić information content (AvgIpc) is 2.43. The van der Waals surface area contributed by atoms with Crippen LogP contribution in [0.1, 0.15) is 17.2 Å². The highest BCUT2D eigenvalue weighted by molar-refractivity contribution is 6.33. The zero-order chi connectivity index (χ0) is 14.5. The fraction of sp³-hybridized carbons (Fsp3) is 0.200. The van der Waals surface area contributed by atoms with E-state index in [1.165, 1.54) is 0 Å². The molecule has 0 saturated carbocycles. The summed E-state index contributed by atoms with van der Waals surface area (Å²) in [5.41, 5.74) is 1.72. The van der Waals surface area contributed by atoms with Gasteiger partial charge in [-0.15, -0.1) is 0 Å². The number of aliphatic hydroxyl groups excluding tert-OH is 1. The molecule has 2 N–H and O–H groups in total. The van der Waals surface area contributed by atoms with Crippen molar-refractivity contribution in [1.29, 1.82) is 0 Å². The lowest BCUT2D eigenvalue weighted by molar-refractivity contribution is 0.174. The maximum Gasteiger partial charge on any atom is 0.0929 e. The normalized spacial score (nSPS) is 12.4. The van der Waals surface area contributed by atoms with Gasteiger partial charge in [-0.25, -0.2) is 0 Å². The van der Waals surface area contributed by atoms with Crippen molar-refractivity contribution in [3.63, 3.8) is 0 Å². The first-order valence-electron chi connectivity index (χ1n) is 6.14. The number of hydrogen-bond donors (Lipinski definition) is 2. The van der Waals surface area contributed by atoms with Crippen molar-refractivity contribution >= 4 is 34.8 Å². The Balaban J connectivity index is 1.90. The monoisotopic (exact) mass is 329 g/mol. The topological polar surface area (TPSA) is 32.3 Å². The lowest BCUT2D eigenvalue weighted by Gasteiger charge is -2.14. The highest BCUT2D eigenvalue weighted by Gasteiger charge is 2.11. The highest BCUT2D eigenvalue weighted by Crippen LogP contribution is 2.26. The van der Waals surface area contributed by atoms with E-state index in [1.807, 2.05) is 24.3 Å². The van der Waals surface area contributed by atoms with E-state index < -0.39 is 6.10 Å². The fourth-order valence-electron chi connectivity index (χ4n) is 1.84. The van der Waals surface area contributed by atoms with Crippen molar-refractivity contribution in [2.45, 2.75) is 12.6 Å². The Labute approximate surface area is 133 Å². The van der Waals surface area contributed by atoms with Gasteiger partial charge < -0.3 is 10.4 Å². The molecule has 2 aromatic rings. The van der Waals surface area contributed by atoms with E-state index in [0.29, 0.717) is 33.7 Å². The Morgan fingerprint density at radius 1 is 0.950 bits per heavy atom. The Kier molecular flexibility index (Phi) is 5.70. The zero-order valence-electron chi connectivity index (χ0n) is 10.6. The highest BCUT2D eigenvalue weighted by atomic mass is 35.5. The second-order valence-corrected chi connectivity index (χ2v) is 5.72. The molecule has 0 bridgehead atoms. The van der Waals surface area contributed by atoms with Crippen LogP contribution in [-0.4, -0.2) is 11.7 Å². The number of nitrogens with one attached hydrogen (secondary N) is 1. The van der Waals surface area contributed by atoms with Crippen LogP contribution in [0.2, 0.25) is 15.1 Å². The number of rotatable bonds is 5. The first-order valence-corrected chi connectivity index (χ1v) is 7.28. The van der Waals surface area contributed by atoms with E-state index in [-0.39, 0.29) is 0 Å². The molecule has 0 aliphatic heterocycles. The molecule has 1 unspecified atom stereocenters. The Morgan fingerprint density at radius 2 is 1.60 bits per heavy atom. The zero-order valence-corrected chi connectivity index (χ0v) is 12.9. The molecule has 0 saturated heterocycles. The largest absolute Gasteiger partial charge is 0.387 e. The summed E-state index contributed by atoms with van der Waals surface area (Å²) in [5, 5.41) is 15.1. The van der Waals surface area contributed by atoms with Crippen molar-refractivity contribution in [1.82, 2.24) is 5.32 Å². The van der Waals surface area contributed by atoms with Crippen LogP contribution in [0, 0.1) is 0 Å².